The molecule has 1 aliphatic heterocycles. The zero-order valence-electron chi connectivity index (χ0n) is 13.0. The van der Waals surface area contributed by atoms with E-state index >= 15 is 0 Å². The second kappa shape index (κ2) is 5.76. The Kier molecular flexibility index (Phi) is 3.58. The van der Waals surface area contributed by atoms with Gasteiger partial charge in [-0.25, -0.2) is 4.39 Å². The summed E-state index contributed by atoms with van der Waals surface area (Å²) < 4.78 is 14.6. The lowest BCUT2D eigenvalue weighted by atomic mass is 10.0. The van der Waals surface area contributed by atoms with Gasteiger partial charge in [0.15, 0.2) is 0 Å². The van der Waals surface area contributed by atoms with Crippen LogP contribution in [-0.4, -0.2) is 5.91 Å². The Balaban J connectivity index is 1.69. The van der Waals surface area contributed by atoms with E-state index in [2.05, 4.69) is 10.6 Å². The van der Waals surface area contributed by atoms with E-state index in [-0.39, 0.29) is 11.7 Å². The molecule has 4 rings (SSSR count). The van der Waals surface area contributed by atoms with Crippen LogP contribution in [0.4, 0.5) is 10.1 Å². The van der Waals surface area contributed by atoms with Crippen LogP contribution in [0, 0.1) is 12.7 Å². The highest BCUT2D eigenvalue weighted by molar-refractivity contribution is 7.13. The number of hydrogen-bond donors (Lipinski definition) is 2. The van der Waals surface area contributed by atoms with Gasteiger partial charge in [0, 0.05) is 16.1 Å². The number of benzene rings is 2. The highest BCUT2D eigenvalue weighted by atomic mass is 32.1. The van der Waals surface area contributed by atoms with Crippen molar-refractivity contribution in [2.24, 2.45) is 0 Å². The van der Waals surface area contributed by atoms with Crippen molar-refractivity contribution in [1.29, 1.82) is 0 Å². The van der Waals surface area contributed by atoms with Gasteiger partial charge in [-0.3, -0.25) is 4.79 Å². The minimum Gasteiger partial charge on any atom is -0.361 e. The van der Waals surface area contributed by atoms with E-state index in [0.717, 1.165) is 21.7 Å². The number of carbonyl (C=O) groups is 1. The Hall–Kier alpha value is -2.66. The van der Waals surface area contributed by atoms with Gasteiger partial charge in [0.25, 0.3) is 5.91 Å². The summed E-state index contributed by atoms with van der Waals surface area (Å²) in [7, 11) is 0. The van der Waals surface area contributed by atoms with Crippen LogP contribution in [0.5, 0.6) is 0 Å². The maximum atomic E-state index is 14.6. The molecular formula is C19H15FN2OS. The zero-order chi connectivity index (χ0) is 16.7. The first-order valence-corrected chi connectivity index (χ1v) is 8.52. The Morgan fingerprint density at radius 1 is 1.08 bits per heavy atom. The van der Waals surface area contributed by atoms with E-state index in [1.807, 2.05) is 48.7 Å². The van der Waals surface area contributed by atoms with Gasteiger partial charge >= 0.3 is 0 Å². The molecule has 2 heterocycles. The minimum atomic E-state index is -0.579. The molecule has 2 aromatic carbocycles. The first-order valence-electron chi connectivity index (χ1n) is 7.64. The molecular weight excluding hydrogens is 323 g/mol. The van der Waals surface area contributed by atoms with Gasteiger partial charge in [0.1, 0.15) is 12.0 Å². The molecule has 3 nitrogen and oxygen atoms in total. The summed E-state index contributed by atoms with van der Waals surface area (Å²) in [4.78, 5) is 13.4. The van der Waals surface area contributed by atoms with Crippen LogP contribution in [0.1, 0.15) is 27.7 Å². The SMILES string of the molecule is Cc1cccc2c1C(=O)N[C@@H](c1ccc(-c3cccs3)cc1F)N2. The smallest absolute Gasteiger partial charge is 0.255 e. The second-order valence-electron chi connectivity index (χ2n) is 5.76. The maximum Gasteiger partial charge on any atom is 0.255 e. The molecule has 0 saturated carbocycles. The lowest BCUT2D eigenvalue weighted by molar-refractivity contribution is 0.0934. The third-order valence-corrected chi connectivity index (χ3v) is 5.11. The maximum absolute atomic E-state index is 14.6. The van der Waals surface area contributed by atoms with E-state index in [9.17, 15) is 9.18 Å². The second-order valence-corrected chi connectivity index (χ2v) is 6.71. The number of anilines is 1. The van der Waals surface area contributed by atoms with Crippen molar-refractivity contribution >= 4 is 22.9 Å². The number of fused-ring (bicyclic) bond motifs is 1. The summed E-state index contributed by atoms with van der Waals surface area (Å²) in [6, 6.07) is 14.6. The highest BCUT2D eigenvalue weighted by Crippen LogP contribution is 2.32. The molecule has 0 unspecified atom stereocenters. The Labute approximate surface area is 143 Å². The fourth-order valence-electron chi connectivity index (χ4n) is 3.00. The van der Waals surface area contributed by atoms with Crippen LogP contribution >= 0.6 is 11.3 Å². The van der Waals surface area contributed by atoms with E-state index in [0.29, 0.717) is 11.1 Å². The molecule has 0 aliphatic carbocycles. The van der Waals surface area contributed by atoms with Crippen LogP contribution in [-0.2, 0) is 0 Å². The largest absolute Gasteiger partial charge is 0.361 e. The summed E-state index contributed by atoms with van der Waals surface area (Å²) in [5.41, 5.74) is 3.50. The highest BCUT2D eigenvalue weighted by Gasteiger charge is 2.27. The summed E-state index contributed by atoms with van der Waals surface area (Å²) in [5.74, 6) is -0.525. The lowest BCUT2D eigenvalue weighted by Crippen LogP contribution is -2.39. The molecule has 0 radical (unpaired) electrons. The molecule has 0 fully saturated rings. The van der Waals surface area contributed by atoms with Crippen LogP contribution in [0.15, 0.2) is 53.9 Å². The molecule has 2 N–H and O–H groups in total. The molecule has 1 amide bonds. The minimum absolute atomic E-state index is 0.186. The molecule has 24 heavy (non-hydrogen) atoms. The summed E-state index contributed by atoms with van der Waals surface area (Å²) in [6.07, 6.45) is -0.579. The average Bonchev–Trinajstić information content (AvgIpc) is 3.09. The van der Waals surface area contributed by atoms with Gasteiger partial charge in [0.05, 0.1) is 5.56 Å². The van der Waals surface area contributed by atoms with Crippen molar-refractivity contribution in [2.75, 3.05) is 5.32 Å². The Morgan fingerprint density at radius 2 is 1.96 bits per heavy atom. The molecule has 0 spiro atoms. The number of nitrogens with one attached hydrogen (secondary N) is 2. The zero-order valence-corrected chi connectivity index (χ0v) is 13.8. The normalized spacial score (nSPS) is 16.2. The van der Waals surface area contributed by atoms with Crippen LogP contribution in [0.3, 0.4) is 0 Å². The number of rotatable bonds is 2. The van der Waals surface area contributed by atoms with Crippen molar-refractivity contribution < 1.29 is 9.18 Å². The van der Waals surface area contributed by atoms with Gasteiger partial charge in [-0.1, -0.05) is 30.3 Å². The lowest BCUT2D eigenvalue weighted by Gasteiger charge is -2.29. The van der Waals surface area contributed by atoms with Crippen molar-refractivity contribution in [3.05, 3.63) is 76.4 Å². The van der Waals surface area contributed by atoms with E-state index in [1.54, 1.807) is 17.4 Å². The van der Waals surface area contributed by atoms with E-state index in [1.165, 1.54) is 6.07 Å². The number of aryl methyl sites for hydroxylation is 1. The topological polar surface area (TPSA) is 41.1 Å². The van der Waals surface area contributed by atoms with Crippen molar-refractivity contribution in [1.82, 2.24) is 5.32 Å². The predicted octanol–water partition coefficient (Wildman–Crippen LogP) is 4.72. The quantitative estimate of drug-likeness (QED) is 0.710. The fourth-order valence-corrected chi connectivity index (χ4v) is 3.72. The number of carbonyl (C=O) groups excluding carboxylic acids is 1. The fraction of sp³-hybridized carbons (Fsp3) is 0.105. The first-order chi connectivity index (χ1) is 11.6. The van der Waals surface area contributed by atoms with Gasteiger partial charge < -0.3 is 10.6 Å². The Bertz CT molecular complexity index is 921. The number of amides is 1. The summed E-state index contributed by atoms with van der Waals surface area (Å²) >= 11 is 1.57. The van der Waals surface area contributed by atoms with Gasteiger partial charge in [-0.05, 0) is 41.6 Å². The van der Waals surface area contributed by atoms with Crippen molar-refractivity contribution in [3.8, 4) is 10.4 Å². The molecule has 0 bridgehead atoms. The third-order valence-electron chi connectivity index (χ3n) is 4.19. The van der Waals surface area contributed by atoms with Gasteiger partial charge in [-0.2, -0.15) is 0 Å². The van der Waals surface area contributed by atoms with Crippen LogP contribution < -0.4 is 10.6 Å². The molecule has 120 valence electrons. The Morgan fingerprint density at radius 3 is 2.71 bits per heavy atom. The monoisotopic (exact) mass is 338 g/mol. The molecule has 3 aromatic rings. The molecule has 1 aliphatic rings. The van der Waals surface area contributed by atoms with Crippen LogP contribution in [0.2, 0.25) is 0 Å². The van der Waals surface area contributed by atoms with Gasteiger partial charge in [-0.15, -0.1) is 11.3 Å². The summed E-state index contributed by atoms with van der Waals surface area (Å²) in [5, 5.41) is 8.01. The van der Waals surface area contributed by atoms with E-state index in [4.69, 9.17) is 0 Å². The summed E-state index contributed by atoms with van der Waals surface area (Å²) in [6.45, 7) is 1.89. The molecule has 1 aromatic heterocycles. The molecule has 0 saturated heterocycles. The first kappa shape index (κ1) is 14.9. The molecule has 1 atom stereocenters. The van der Waals surface area contributed by atoms with Crippen molar-refractivity contribution in [2.45, 2.75) is 13.1 Å². The number of thiophene rings is 1. The third kappa shape index (κ3) is 2.47. The molecule has 5 heteroatoms. The average molecular weight is 338 g/mol. The van der Waals surface area contributed by atoms with E-state index < -0.39 is 6.17 Å². The van der Waals surface area contributed by atoms with Crippen molar-refractivity contribution in [3.63, 3.8) is 0 Å². The number of hydrogen-bond acceptors (Lipinski definition) is 3. The standard InChI is InChI=1S/C19H15FN2OS/c1-11-4-2-5-15-17(11)19(23)22-18(21-15)13-8-7-12(10-14(13)20)16-6-3-9-24-16/h2-10,18,21H,1H3,(H,22,23)/t18-/m0/s1. The van der Waals surface area contributed by atoms with Gasteiger partial charge in [0.2, 0.25) is 0 Å². The predicted molar refractivity (Wildman–Crippen MR) is 94.7 cm³/mol. The van der Waals surface area contributed by atoms with Crippen LogP contribution in [0.25, 0.3) is 10.4 Å². The number of halogens is 1.